The summed E-state index contributed by atoms with van der Waals surface area (Å²) in [4.78, 5) is 16.2. The number of nitrogens with one attached hydrogen (secondary N) is 1. The fraction of sp³-hybridized carbons (Fsp3) is 0.455. The molecule has 1 saturated heterocycles. The third kappa shape index (κ3) is 2.08. The highest BCUT2D eigenvalue weighted by atomic mass is 35.5. The average molecular weight is 255 g/mol. The maximum Gasteiger partial charge on any atom is 0.294 e. The molecule has 6 heteroatoms. The van der Waals surface area contributed by atoms with E-state index in [0.717, 1.165) is 25.9 Å². The van der Waals surface area contributed by atoms with Gasteiger partial charge in [-0.25, -0.2) is 4.98 Å². The Morgan fingerprint density at radius 1 is 1.35 bits per heavy atom. The second kappa shape index (κ2) is 4.89. The molecule has 5 nitrogen and oxygen atoms in total. The number of nitrogens with zero attached hydrogens (tertiary/aromatic N) is 3. The highest BCUT2D eigenvalue weighted by molar-refractivity contribution is 5.85. The van der Waals surface area contributed by atoms with Crippen molar-refractivity contribution in [1.29, 1.82) is 0 Å². The number of aromatic nitrogens is 3. The standard InChI is InChI=1S/C11H14N4O.ClH/c16-11-10-13-4-5-14(10)6-7-15(11)9-2-1-3-12-8-9;/h4-7,9,12H,1-3,8H2;1H/t9-;/m1./s1. The van der Waals surface area contributed by atoms with Crippen molar-refractivity contribution >= 4 is 18.1 Å². The van der Waals surface area contributed by atoms with Crippen LogP contribution >= 0.6 is 12.4 Å². The van der Waals surface area contributed by atoms with Crippen molar-refractivity contribution in [3.05, 3.63) is 35.1 Å². The predicted molar refractivity (Wildman–Crippen MR) is 67.8 cm³/mol. The van der Waals surface area contributed by atoms with Crippen LogP contribution in [0.25, 0.3) is 5.65 Å². The van der Waals surface area contributed by atoms with E-state index in [2.05, 4.69) is 10.3 Å². The monoisotopic (exact) mass is 254 g/mol. The number of hydrogen-bond donors (Lipinski definition) is 1. The number of fused-ring (bicyclic) bond motifs is 1. The van der Waals surface area contributed by atoms with Crippen molar-refractivity contribution in [2.75, 3.05) is 13.1 Å². The van der Waals surface area contributed by atoms with Gasteiger partial charge >= 0.3 is 0 Å². The average Bonchev–Trinajstić information content (AvgIpc) is 2.80. The Bertz CT molecular complexity index is 556. The van der Waals surface area contributed by atoms with Gasteiger partial charge in [0.2, 0.25) is 5.65 Å². The number of halogens is 1. The quantitative estimate of drug-likeness (QED) is 0.821. The second-order valence-electron chi connectivity index (χ2n) is 4.17. The van der Waals surface area contributed by atoms with Crippen LogP contribution in [0.5, 0.6) is 0 Å². The summed E-state index contributed by atoms with van der Waals surface area (Å²) in [5.74, 6) is 0. The van der Waals surface area contributed by atoms with Crippen molar-refractivity contribution in [1.82, 2.24) is 19.3 Å². The summed E-state index contributed by atoms with van der Waals surface area (Å²) in [6.45, 7) is 1.92. The summed E-state index contributed by atoms with van der Waals surface area (Å²) in [6, 6.07) is 0.267. The SMILES string of the molecule is Cl.O=c1c2nccn2ccn1[C@@H]1CCCNC1. The largest absolute Gasteiger partial charge is 0.315 e. The summed E-state index contributed by atoms with van der Waals surface area (Å²) >= 11 is 0. The van der Waals surface area contributed by atoms with Gasteiger partial charge in [0, 0.05) is 37.4 Å². The lowest BCUT2D eigenvalue weighted by atomic mass is 10.1. The Kier molecular flexibility index (Phi) is 3.49. The minimum atomic E-state index is 0. The normalized spacial score (nSPS) is 20.1. The molecular weight excluding hydrogens is 240 g/mol. The molecule has 92 valence electrons. The fourth-order valence-electron chi connectivity index (χ4n) is 2.28. The summed E-state index contributed by atoms with van der Waals surface area (Å²) in [6.07, 6.45) is 9.37. The Balaban J connectivity index is 0.00000108. The van der Waals surface area contributed by atoms with Gasteiger partial charge in [0.25, 0.3) is 5.56 Å². The van der Waals surface area contributed by atoms with E-state index in [1.54, 1.807) is 21.4 Å². The molecule has 3 heterocycles. The van der Waals surface area contributed by atoms with Crippen molar-refractivity contribution in [3.63, 3.8) is 0 Å². The van der Waals surface area contributed by atoms with Crippen LogP contribution in [0, 0.1) is 0 Å². The number of hydrogen-bond acceptors (Lipinski definition) is 3. The van der Waals surface area contributed by atoms with Gasteiger partial charge in [0.15, 0.2) is 0 Å². The highest BCUT2D eigenvalue weighted by Gasteiger charge is 2.16. The lowest BCUT2D eigenvalue weighted by Crippen LogP contribution is -2.36. The van der Waals surface area contributed by atoms with E-state index in [1.807, 2.05) is 12.4 Å². The van der Waals surface area contributed by atoms with E-state index in [-0.39, 0.29) is 24.0 Å². The van der Waals surface area contributed by atoms with E-state index in [9.17, 15) is 4.79 Å². The van der Waals surface area contributed by atoms with Gasteiger partial charge < -0.3 is 14.3 Å². The minimum Gasteiger partial charge on any atom is -0.315 e. The maximum absolute atomic E-state index is 12.1. The first kappa shape index (κ1) is 12.1. The molecule has 0 saturated carbocycles. The van der Waals surface area contributed by atoms with Gasteiger partial charge in [-0.15, -0.1) is 12.4 Å². The molecule has 0 bridgehead atoms. The predicted octanol–water partition coefficient (Wildman–Crippen LogP) is 0.842. The molecule has 1 aliphatic rings. The van der Waals surface area contributed by atoms with Gasteiger partial charge in [-0.05, 0) is 19.4 Å². The van der Waals surface area contributed by atoms with Crippen LogP contribution in [0.15, 0.2) is 29.6 Å². The van der Waals surface area contributed by atoms with Gasteiger partial charge in [-0.3, -0.25) is 4.79 Å². The Labute approximate surface area is 105 Å². The van der Waals surface area contributed by atoms with Gasteiger partial charge in [0.1, 0.15) is 0 Å². The van der Waals surface area contributed by atoms with Crippen LogP contribution in [0.2, 0.25) is 0 Å². The molecule has 1 N–H and O–H groups in total. The Hall–Kier alpha value is -1.33. The molecular formula is C11H15ClN4O. The van der Waals surface area contributed by atoms with E-state index in [0.29, 0.717) is 5.65 Å². The molecule has 3 rings (SSSR count). The number of piperidine rings is 1. The van der Waals surface area contributed by atoms with E-state index < -0.39 is 0 Å². The first-order valence-corrected chi connectivity index (χ1v) is 5.61. The Morgan fingerprint density at radius 3 is 3.00 bits per heavy atom. The molecule has 0 spiro atoms. The third-order valence-electron chi connectivity index (χ3n) is 3.15. The van der Waals surface area contributed by atoms with Crippen molar-refractivity contribution in [2.45, 2.75) is 18.9 Å². The van der Waals surface area contributed by atoms with Crippen LogP contribution in [-0.4, -0.2) is 27.0 Å². The maximum atomic E-state index is 12.1. The summed E-state index contributed by atoms with van der Waals surface area (Å²) in [7, 11) is 0. The lowest BCUT2D eigenvalue weighted by molar-refractivity contribution is 0.364. The number of imidazole rings is 1. The van der Waals surface area contributed by atoms with Crippen LogP contribution in [0.4, 0.5) is 0 Å². The first-order chi connectivity index (χ1) is 7.86. The van der Waals surface area contributed by atoms with Gasteiger partial charge in [-0.1, -0.05) is 0 Å². The molecule has 0 radical (unpaired) electrons. The summed E-state index contributed by atoms with van der Waals surface area (Å²) < 4.78 is 3.56. The molecule has 2 aromatic heterocycles. The zero-order valence-corrected chi connectivity index (χ0v) is 10.2. The number of rotatable bonds is 1. The first-order valence-electron chi connectivity index (χ1n) is 5.61. The van der Waals surface area contributed by atoms with Crippen LogP contribution in [-0.2, 0) is 0 Å². The van der Waals surface area contributed by atoms with Crippen molar-refractivity contribution < 1.29 is 0 Å². The molecule has 0 amide bonds. The van der Waals surface area contributed by atoms with Gasteiger partial charge in [-0.2, -0.15) is 0 Å². The molecule has 1 aliphatic heterocycles. The van der Waals surface area contributed by atoms with E-state index >= 15 is 0 Å². The van der Waals surface area contributed by atoms with E-state index in [1.165, 1.54) is 0 Å². The third-order valence-corrected chi connectivity index (χ3v) is 3.15. The lowest BCUT2D eigenvalue weighted by Gasteiger charge is -2.24. The fourth-order valence-corrected chi connectivity index (χ4v) is 2.28. The molecule has 0 unspecified atom stereocenters. The minimum absolute atomic E-state index is 0. The summed E-state index contributed by atoms with van der Waals surface area (Å²) in [5.41, 5.74) is 0.509. The van der Waals surface area contributed by atoms with Crippen LogP contribution in [0.1, 0.15) is 18.9 Å². The Morgan fingerprint density at radius 2 is 2.24 bits per heavy atom. The zero-order chi connectivity index (χ0) is 11.0. The van der Waals surface area contributed by atoms with Crippen molar-refractivity contribution in [2.24, 2.45) is 0 Å². The van der Waals surface area contributed by atoms with Gasteiger partial charge in [0.05, 0.1) is 0 Å². The van der Waals surface area contributed by atoms with Crippen LogP contribution in [0.3, 0.4) is 0 Å². The zero-order valence-electron chi connectivity index (χ0n) is 9.37. The van der Waals surface area contributed by atoms with E-state index in [4.69, 9.17) is 0 Å². The molecule has 0 aromatic carbocycles. The highest BCUT2D eigenvalue weighted by Crippen LogP contribution is 2.14. The molecule has 0 aliphatic carbocycles. The molecule has 2 aromatic rings. The molecule has 1 atom stereocenters. The molecule has 17 heavy (non-hydrogen) atoms. The second-order valence-corrected chi connectivity index (χ2v) is 4.17. The van der Waals surface area contributed by atoms with Crippen LogP contribution < -0.4 is 10.9 Å². The van der Waals surface area contributed by atoms with Crippen molar-refractivity contribution in [3.8, 4) is 0 Å². The molecule has 1 fully saturated rings. The topological polar surface area (TPSA) is 51.3 Å². The smallest absolute Gasteiger partial charge is 0.294 e. The summed E-state index contributed by atoms with van der Waals surface area (Å²) in [5, 5.41) is 3.32.